The van der Waals surface area contributed by atoms with E-state index >= 15 is 0 Å². The van der Waals surface area contributed by atoms with Crippen molar-refractivity contribution in [3.8, 4) is 22.6 Å². The van der Waals surface area contributed by atoms with Crippen molar-refractivity contribution in [3.63, 3.8) is 0 Å². The van der Waals surface area contributed by atoms with E-state index in [1.54, 1.807) is 22.8 Å². The number of halogens is 1. The molecule has 0 aliphatic rings. The van der Waals surface area contributed by atoms with Gasteiger partial charge in [-0.1, -0.05) is 0 Å². The SMILES string of the molecule is Oc1cc(O)cc(-c2cnn(PI)c2)c1. The van der Waals surface area contributed by atoms with Gasteiger partial charge in [-0.05, 0) is 39.7 Å². The molecule has 0 spiro atoms. The van der Waals surface area contributed by atoms with Crippen LogP contribution in [0.5, 0.6) is 11.5 Å². The Kier molecular flexibility index (Phi) is 3.11. The van der Waals surface area contributed by atoms with Gasteiger partial charge in [-0.3, -0.25) is 0 Å². The van der Waals surface area contributed by atoms with E-state index in [1.807, 2.05) is 6.20 Å². The molecule has 2 N–H and O–H groups in total. The van der Waals surface area contributed by atoms with Gasteiger partial charge in [-0.15, -0.1) is 0 Å². The largest absolute Gasteiger partial charge is 0.508 e. The van der Waals surface area contributed by atoms with E-state index in [4.69, 9.17) is 0 Å². The first-order chi connectivity index (χ1) is 7.19. The van der Waals surface area contributed by atoms with Crippen molar-refractivity contribution in [2.75, 3.05) is 0 Å². The van der Waals surface area contributed by atoms with Crippen LogP contribution in [0.25, 0.3) is 11.1 Å². The molecule has 2 aromatic rings. The lowest BCUT2D eigenvalue weighted by molar-refractivity contribution is 0.451. The molecule has 0 aliphatic carbocycles. The van der Waals surface area contributed by atoms with E-state index in [2.05, 4.69) is 27.1 Å². The first kappa shape index (κ1) is 10.7. The number of phenols is 2. The third-order valence-electron chi connectivity index (χ3n) is 1.91. The number of aromatic nitrogens is 2. The van der Waals surface area contributed by atoms with Gasteiger partial charge >= 0.3 is 0 Å². The number of benzene rings is 1. The Labute approximate surface area is 101 Å². The number of hydrogen-bond donors (Lipinski definition) is 2. The zero-order valence-electron chi connectivity index (χ0n) is 7.55. The van der Waals surface area contributed by atoms with Crippen molar-refractivity contribution < 1.29 is 10.2 Å². The van der Waals surface area contributed by atoms with Crippen LogP contribution in [0.3, 0.4) is 0 Å². The van der Waals surface area contributed by atoms with Gasteiger partial charge in [0.05, 0.1) is 12.6 Å². The Morgan fingerprint density at radius 2 is 1.80 bits per heavy atom. The Balaban J connectivity index is 2.44. The third kappa shape index (κ3) is 2.41. The molecule has 0 aliphatic heterocycles. The molecule has 15 heavy (non-hydrogen) atoms. The number of hydrogen-bond acceptors (Lipinski definition) is 3. The Hall–Kier alpha value is -0.810. The summed E-state index contributed by atoms with van der Waals surface area (Å²) >= 11 is 2.23. The summed E-state index contributed by atoms with van der Waals surface area (Å²) in [4.78, 5) is 0. The topological polar surface area (TPSA) is 58.3 Å². The number of aromatic hydroxyl groups is 2. The molecule has 1 atom stereocenters. The van der Waals surface area contributed by atoms with Crippen LogP contribution in [0.1, 0.15) is 0 Å². The highest BCUT2D eigenvalue weighted by molar-refractivity contribution is 14.2. The van der Waals surface area contributed by atoms with Crippen molar-refractivity contribution in [1.82, 2.24) is 9.55 Å². The van der Waals surface area contributed by atoms with Crippen molar-refractivity contribution in [1.29, 1.82) is 0 Å². The second-order valence-corrected chi connectivity index (χ2v) is 5.07. The molecule has 0 amide bonds. The summed E-state index contributed by atoms with van der Waals surface area (Å²) in [6, 6.07) is 4.49. The van der Waals surface area contributed by atoms with Gasteiger partial charge in [0.15, 0.2) is 0 Å². The van der Waals surface area contributed by atoms with Crippen LogP contribution >= 0.6 is 28.4 Å². The van der Waals surface area contributed by atoms with E-state index in [9.17, 15) is 10.2 Å². The molecule has 1 aromatic carbocycles. The molecule has 0 radical (unpaired) electrons. The molecule has 4 nitrogen and oxygen atoms in total. The highest BCUT2D eigenvalue weighted by Gasteiger charge is 2.04. The second kappa shape index (κ2) is 4.37. The predicted molar refractivity (Wildman–Crippen MR) is 68.7 cm³/mol. The van der Waals surface area contributed by atoms with Crippen LogP contribution in [0.15, 0.2) is 30.6 Å². The van der Waals surface area contributed by atoms with Crippen molar-refractivity contribution in [2.24, 2.45) is 0 Å². The highest BCUT2D eigenvalue weighted by atomic mass is 127. The van der Waals surface area contributed by atoms with E-state index in [0.717, 1.165) is 11.1 Å². The second-order valence-electron chi connectivity index (χ2n) is 3.00. The molecule has 1 heterocycles. The molecular formula is C9H8IN2O2P. The summed E-state index contributed by atoms with van der Waals surface area (Å²) in [5.41, 5.74) is 1.64. The zero-order chi connectivity index (χ0) is 10.8. The molecule has 0 saturated carbocycles. The number of rotatable bonds is 2. The van der Waals surface area contributed by atoms with Gasteiger partial charge in [0.25, 0.3) is 0 Å². The Bertz CT molecular complexity index is 466. The fourth-order valence-electron chi connectivity index (χ4n) is 1.28. The van der Waals surface area contributed by atoms with Gasteiger partial charge in [0.1, 0.15) is 11.5 Å². The molecule has 0 bridgehead atoms. The molecular weight excluding hydrogens is 326 g/mol. The maximum absolute atomic E-state index is 9.33. The molecule has 2 rings (SSSR count). The van der Waals surface area contributed by atoms with Gasteiger partial charge < -0.3 is 10.2 Å². The van der Waals surface area contributed by atoms with Crippen LogP contribution in [-0.2, 0) is 0 Å². The first-order valence-electron chi connectivity index (χ1n) is 4.14. The molecule has 6 heteroatoms. The number of nitrogens with zero attached hydrogens (tertiary/aromatic N) is 2. The first-order valence-corrected chi connectivity index (χ1v) is 8.20. The van der Waals surface area contributed by atoms with Crippen molar-refractivity contribution in [3.05, 3.63) is 30.6 Å². The monoisotopic (exact) mass is 334 g/mol. The molecule has 0 fully saturated rings. The zero-order valence-corrected chi connectivity index (χ0v) is 10.7. The molecule has 1 aromatic heterocycles. The maximum atomic E-state index is 9.33. The normalized spacial score (nSPS) is 11.3. The number of phenolic OH excluding ortho intramolecular Hbond substituents is 2. The Morgan fingerprint density at radius 1 is 1.13 bits per heavy atom. The van der Waals surface area contributed by atoms with Crippen LogP contribution < -0.4 is 0 Å². The van der Waals surface area contributed by atoms with Crippen LogP contribution in [-0.4, -0.2) is 19.8 Å². The van der Waals surface area contributed by atoms with E-state index < -0.39 is 0 Å². The lowest BCUT2D eigenvalue weighted by Crippen LogP contribution is -1.77. The molecule has 0 saturated heterocycles. The standard InChI is InChI=1S/C9H8IN2O2P/c10-15-12-5-7(4-11-12)6-1-8(13)3-9(14)2-6/h1-5,13-15H. The minimum Gasteiger partial charge on any atom is -0.508 e. The Morgan fingerprint density at radius 3 is 2.33 bits per heavy atom. The molecule has 78 valence electrons. The van der Waals surface area contributed by atoms with Crippen LogP contribution in [0.4, 0.5) is 0 Å². The van der Waals surface area contributed by atoms with Crippen LogP contribution in [0, 0.1) is 0 Å². The lowest BCUT2D eigenvalue weighted by atomic mass is 10.1. The van der Waals surface area contributed by atoms with Gasteiger partial charge in [0.2, 0.25) is 0 Å². The summed E-state index contributed by atoms with van der Waals surface area (Å²) in [5.74, 6) is 0.101. The fourth-order valence-corrected chi connectivity index (χ4v) is 2.36. The molecule has 1 unspecified atom stereocenters. The average molecular weight is 334 g/mol. The minimum atomic E-state index is 0.0506. The quantitative estimate of drug-likeness (QED) is 0.656. The summed E-state index contributed by atoms with van der Waals surface area (Å²) in [7, 11) is 0. The predicted octanol–water partition coefficient (Wildman–Crippen LogP) is 2.75. The van der Waals surface area contributed by atoms with Gasteiger partial charge in [0, 0.05) is 17.8 Å². The smallest absolute Gasteiger partial charge is 0.119 e. The lowest BCUT2D eigenvalue weighted by Gasteiger charge is -2.00. The third-order valence-corrected chi connectivity index (χ3v) is 3.81. The minimum absolute atomic E-state index is 0.0506. The summed E-state index contributed by atoms with van der Waals surface area (Å²) < 4.78 is 1.80. The fraction of sp³-hybridized carbons (Fsp3) is 0. The van der Waals surface area contributed by atoms with Crippen molar-refractivity contribution >= 4 is 28.4 Å². The summed E-state index contributed by atoms with van der Waals surface area (Å²) in [6.07, 6.45) is 4.12. The van der Waals surface area contributed by atoms with Gasteiger partial charge in [-0.25, -0.2) is 4.45 Å². The van der Waals surface area contributed by atoms with E-state index in [0.29, 0.717) is 6.37 Å². The maximum Gasteiger partial charge on any atom is 0.119 e. The summed E-state index contributed by atoms with van der Waals surface area (Å²) in [5, 5.41) is 22.8. The van der Waals surface area contributed by atoms with Crippen molar-refractivity contribution in [2.45, 2.75) is 0 Å². The van der Waals surface area contributed by atoms with Crippen LogP contribution in [0.2, 0.25) is 0 Å². The van der Waals surface area contributed by atoms with E-state index in [1.165, 1.54) is 6.07 Å². The van der Waals surface area contributed by atoms with E-state index in [-0.39, 0.29) is 11.5 Å². The highest BCUT2D eigenvalue weighted by Crippen LogP contribution is 2.30. The van der Waals surface area contributed by atoms with Gasteiger partial charge in [-0.2, -0.15) is 5.10 Å². The average Bonchev–Trinajstić information content (AvgIpc) is 2.64. The summed E-state index contributed by atoms with van der Waals surface area (Å²) in [6.45, 7) is 0.